The fourth-order valence-corrected chi connectivity index (χ4v) is 5.80. The van der Waals surface area contributed by atoms with Crippen molar-refractivity contribution in [2.45, 2.75) is 105 Å². The fourth-order valence-electron chi connectivity index (χ4n) is 5.80. The van der Waals surface area contributed by atoms with Crippen LogP contribution in [0.1, 0.15) is 68.2 Å². The largest absolute Gasteiger partial charge is 0.462 e. The molecule has 42 heavy (non-hydrogen) atoms. The van der Waals surface area contributed by atoms with E-state index in [0.717, 1.165) is 5.57 Å². The number of primary amides is 1. The molecule has 9 unspecified atom stereocenters. The summed E-state index contributed by atoms with van der Waals surface area (Å²) in [5.74, 6) is -2.52. The van der Waals surface area contributed by atoms with Crippen LogP contribution in [0.25, 0.3) is 0 Å². The van der Waals surface area contributed by atoms with Gasteiger partial charge in [-0.15, -0.1) is 0 Å². The molecule has 0 aromatic heterocycles. The van der Waals surface area contributed by atoms with Gasteiger partial charge >= 0.3 is 12.1 Å². The van der Waals surface area contributed by atoms with Crippen LogP contribution in [0, 0.1) is 41.4 Å². The summed E-state index contributed by atoms with van der Waals surface area (Å²) in [4.78, 5) is 23.5. The molecule has 1 rings (SSSR count). The number of allylic oxidation sites excluding steroid dienone is 3. The third kappa shape index (κ3) is 11.3. The van der Waals surface area contributed by atoms with Gasteiger partial charge in [-0.3, -0.25) is 4.79 Å². The van der Waals surface area contributed by atoms with Gasteiger partial charge in [0.25, 0.3) is 0 Å². The quantitative estimate of drug-likeness (QED) is 0.101. The number of esters is 1. The van der Waals surface area contributed by atoms with E-state index >= 15 is 0 Å². The molecule has 0 aromatic rings. The number of carbonyl (C=O) groups is 2. The highest BCUT2D eigenvalue weighted by atomic mass is 16.6. The molecule has 13 atom stereocenters. The first kappa shape index (κ1) is 37.6. The van der Waals surface area contributed by atoms with Gasteiger partial charge in [0.15, 0.2) is 0 Å². The van der Waals surface area contributed by atoms with Crippen molar-refractivity contribution >= 4 is 12.1 Å². The van der Waals surface area contributed by atoms with Gasteiger partial charge in [0.05, 0.1) is 30.3 Å². The number of rotatable bonds is 16. The smallest absolute Gasteiger partial charge is 0.404 e. The maximum absolute atomic E-state index is 12.0. The summed E-state index contributed by atoms with van der Waals surface area (Å²) in [6.07, 6.45) is 6.04. The van der Waals surface area contributed by atoms with Gasteiger partial charge in [-0.05, 0) is 26.2 Å². The molecule has 0 saturated carbocycles. The van der Waals surface area contributed by atoms with Crippen LogP contribution in [0.5, 0.6) is 0 Å². The minimum atomic E-state index is -0.894. The zero-order valence-corrected chi connectivity index (χ0v) is 26.6. The van der Waals surface area contributed by atoms with Crippen LogP contribution < -0.4 is 5.73 Å². The third-order valence-corrected chi connectivity index (χ3v) is 8.62. The van der Waals surface area contributed by atoms with E-state index in [1.807, 2.05) is 53.7 Å². The Morgan fingerprint density at radius 1 is 1.02 bits per heavy atom. The van der Waals surface area contributed by atoms with Crippen molar-refractivity contribution in [2.75, 3.05) is 0 Å². The monoisotopic (exact) mass is 593 g/mol. The molecule has 1 heterocycles. The molecule has 0 aliphatic carbocycles. The van der Waals surface area contributed by atoms with Crippen molar-refractivity contribution in [1.29, 1.82) is 0 Å². The number of aliphatic hydroxyl groups excluding tert-OH is 4. The number of aliphatic hydroxyl groups is 4. The summed E-state index contributed by atoms with van der Waals surface area (Å²) in [7, 11) is 0. The fraction of sp³-hybridized carbons (Fsp3) is 0.697. The molecule has 0 spiro atoms. The van der Waals surface area contributed by atoms with Crippen LogP contribution in [-0.4, -0.2) is 69.1 Å². The molecular weight excluding hydrogens is 538 g/mol. The minimum Gasteiger partial charge on any atom is -0.462 e. The summed E-state index contributed by atoms with van der Waals surface area (Å²) in [6, 6.07) is 0. The molecule has 9 heteroatoms. The Balaban J connectivity index is 2.76. The number of hydrogen-bond donors (Lipinski definition) is 5. The molecule has 1 aliphatic heterocycles. The van der Waals surface area contributed by atoms with Crippen molar-refractivity contribution in [2.24, 2.45) is 47.2 Å². The first-order chi connectivity index (χ1) is 19.5. The van der Waals surface area contributed by atoms with E-state index in [1.54, 1.807) is 38.2 Å². The molecule has 6 N–H and O–H groups in total. The molecule has 9 nitrogen and oxygen atoms in total. The first-order valence-electron chi connectivity index (χ1n) is 15.0. The first-order valence-corrected chi connectivity index (χ1v) is 15.0. The van der Waals surface area contributed by atoms with Crippen LogP contribution in [0.2, 0.25) is 0 Å². The minimum absolute atomic E-state index is 0.152. The number of cyclic esters (lactones) is 1. The van der Waals surface area contributed by atoms with Crippen molar-refractivity contribution in [3.05, 3.63) is 48.6 Å². The maximum atomic E-state index is 12.0. The van der Waals surface area contributed by atoms with E-state index in [-0.39, 0.29) is 41.9 Å². The van der Waals surface area contributed by atoms with Crippen molar-refractivity contribution in [3.63, 3.8) is 0 Å². The van der Waals surface area contributed by atoms with Crippen LogP contribution in [0.3, 0.4) is 0 Å². The molecular formula is C33H55NO8. The number of carbonyl (C=O) groups excluding carboxylic acids is 2. The summed E-state index contributed by atoms with van der Waals surface area (Å²) < 4.78 is 10.8. The SMILES string of the molecule is C=CC=C[C@H](C)C(OC(N)=O)C(C)C(O)C(C)CC(C)=C[C@H](C)[C@@H](O)[C@@H](C)C=CC(O)CC1OC(=O)C(C)C(O)C1C. The van der Waals surface area contributed by atoms with Crippen LogP contribution in [0.4, 0.5) is 4.79 Å². The van der Waals surface area contributed by atoms with Crippen LogP contribution >= 0.6 is 0 Å². The zero-order valence-electron chi connectivity index (χ0n) is 26.6. The van der Waals surface area contributed by atoms with E-state index < -0.39 is 54.6 Å². The standard InChI is InChI=1S/C33H55NO8/c1-10-11-12-20(4)31(42-33(34)40)24(8)29(37)22(6)16-18(2)15-21(5)28(36)19(3)13-14-26(35)17-27-23(7)30(38)25(9)32(39)41-27/h10-15,19-31,35-38H,1,16-17H2,2-9H3,(H2,34,40)/t19-,20-,21-,22?,23?,24?,25?,26?,27?,28-,29?,30?,31?/m0/s1. The van der Waals surface area contributed by atoms with Crippen molar-refractivity contribution < 1.29 is 39.5 Å². The van der Waals surface area contributed by atoms with Gasteiger partial charge in [-0.25, -0.2) is 4.79 Å². The van der Waals surface area contributed by atoms with E-state index in [2.05, 4.69) is 6.58 Å². The molecule has 1 aliphatic rings. The highest BCUT2D eigenvalue weighted by molar-refractivity contribution is 5.73. The molecule has 0 radical (unpaired) electrons. The molecule has 240 valence electrons. The average Bonchev–Trinajstić information content (AvgIpc) is 2.93. The van der Waals surface area contributed by atoms with E-state index in [4.69, 9.17) is 15.2 Å². The number of nitrogens with two attached hydrogens (primary N) is 1. The van der Waals surface area contributed by atoms with E-state index in [0.29, 0.717) is 6.42 Å². The van der Waals surface area contributed by atoms with Crippen molar-refractivity contribution in [3.8, 4) is 0 Å². The highest BCUT2D eigenvalue weighted by Crippen LogP contribution is 2.30. The average molecular weight is 594 g/mol. The van der Waals surface area contributed by atoms with E-state index in [9.17, 15) is 30.0 Å². The molecule has 1 amide bonds. The summed E-state index contributed by atoms with van der Waals surface area (Å²) in [5, 5.41) is 42.8. The van der Waals surface area contributed by atoms with Gasteiger partial charge in [0, 0.05) is 36.0 Å². The van der Waals surface area contributed by atoms with E-state index in [1.165, 1.54) is 0 Å². The van der Waals surface area contributed by atoms with Gasteiger partial charge in [0.2, 0.25) is 0 Å². The lowest BCUT2D eigenvalue weighted by atomic mass is 9.81. The predicted octanol–water partition coefficient (Wildman–Crippen LogP) is 4.30. The summed E-state index contributed by atoms with van der Waals surface area (Å²) in [6.45, 7) is 18.5. The summed E-state index contributed by atoms with van der Waals surface area (Å²) in [5.41, 5.74) is 6.30. The zero-order chi connectivity index (χ0) is 32.3. The Hall–Kier alpha value is -2.46. The Kier molecular flexibility index (Phi) is 15.7. The Morgan fingerprint density at radius 3 is 2.21 bits per heavy atom. The topological polar surface area (TPSA) is 160 Å². The van der Waals surface area contributed by atoms with Gasteiger partial charge in [-0.2, -0.15) is 0 Å². The maximum Gasteiger partial charge on any atom is 0.404 e. The molecule has 0 bridgehead atoms. The van der Waals surface area contributed by atoms with Crippen molar-refractivity contribution in [1.82, 2.24) is 0 Å². The molecule has 1 saturated heterocycles. The highest BCUT2D eigenvalue weighted by Gasteiger charge is 2.41. The Bertz CT molecular complexity index is 962. The summed E-state index contributed by atoms with van der Waals surface area (Å²) >= 11 is 0. The second-order valence-electron chi connectivity index (χ2n) is 12.4. The lowest BCUT2D eigenvalue weighted by Gasteiger charge is -2.36. The number of hydrogen-bond acceptors (Lipinski definition) is 8. The number of amides is 1. The molecule has 0 aromatic carbocycles. The Morgan fingerprint density at radius 2 is 1.64 bits per heavy atom. The lowest BCUT2D eigenvalue weighted by Crippen LogP contribution is -2.47. The second kappa shape index (κ2) is 17.6. The van der Waals surface area contributed by atoms with Gasteiger partial charge < -0.3 is 35.6 Å². The Labute approximate surface area is 252 Å². The number of ether oxygens (including phenoxy) is 2. The van der Waals surface area contributed by atoms with Crippen LogP contribution in [-0.2, 0) is 14.3 Å². The predicted molar refractivity (Wildman–Crippen MR) is 164 cm³/mol. The third-order valence-electron chi connectivity index (χ3n) is 8.62. The lowest BCUT2D eigenvalue weighted by molar-refractivity contribution is -0.179. The molecule has 1 fully saturated rings. The second-order valence-corrected chi connectivity index (χ2v) is 12.4. The normalized spacial score (nSPS) is 28.3. The van der Waals surface area contributed by atoms with Gasteiger partial charge in [0.1, 0.15) is 12.2 Å². The van der Waals surface area contributed by atoms with Crippen LogP contribution in [0.15, 0.2) is 48.6 Å². The van der Waals surface area contributed by atoms with Gasteiger partial charge in [-0.1, -0.05) is 90.2 Å².